The Kier molecular flexibility index (Phi) is 5.35. The number of benzene rings is 1. The van der Waals surface area contributed by atoms with E-state index in [1.165, 1.54) is 0 Å². The van der Waals surface area contributed by atoms with E-state index in [1.54, 1.807) is 18.2 Å². The van der Waals surface area contributed by atoms with E-state index in [0.29, 0.717) is 22.2 Å². The Morgan fingerprint density at radius 1 is 1.33 bits per heavy atom. The number of carbonyl (C=O) groups excluding carboxylic acids is 1. The Morgan fingerprint density at radius 2 is 2.10 bits per heavy atom. The van der Waals surface area contributed by atoms with E-state index in [9.17, 15) is 13.2 Å². The molecule has 0 bridgehead atoms. The van der Waals surface area contributed by atoms with Crippen LogP contribution >= 0.6 is 23.2 Å². The third kappa shape index (κ3) is 5.05. The van der Waals surface area contributed by atoms with Crippen LogP contribution in [0, 0.1) is 0 Å². The zero-order valence-electron chi connectivity index (χ0n) is 11.1. The van der Waals surface area contributed by atoms with Gasteiger partial charge in [0.05, 0.1) is 34.6 Å². The second-order valence-corrected chi connectivity index (χ2v) is 7.88. The average molecular weight is 352 g/mol. The van der Waals surface area contributed by atoms with Gasteiger partial charge in [-0.05, 0) is 18.6 Å². The van der Waals surface area contributed by atoms with Crippen LogP contribution in [0.4, 0.5) is 0 Å². The molecule has 1 amide bonds. The molecule has 1 heterocycles. The van der Waals surface area contributed by atoms with E-state index in [-0.39, 0.29) is 36.5 Å². The lowest BCUT2D eigenvalue weighted by Gasteiger charge is -2.11. The van der Waals surface area contributed by atoms with Crippen LogP contribution in [0.3, 0.4) is 0 Å². The third-order valence-corrected chi connectivity index (χ3v) is 5.59. The second-order valence-electron chi connectivity index (χ2n) is 4.84. The van der Waals surface area contributed by atoms with Crippen molar-refractivity contribution in [3.8, 4) is 5.75 Å². The lowest BCUT2D eigenvalue weighted by atomic mass is 10.2. The molecule has 0 spiro atoms. The first kappa shape index (κ1) is 16.4. The van der Waals surface area contributed by atoms with Gasteiger partial charge in [-0.15, -0.1) is 0 Å². The van der Waals surface area contributed by atoms with Gasteiger partial charge in [-0.1, -0.05) is 23.2 Å². The van der Waals surface area contributed by atoms with Crippen molar-refractivity contribution in [2.45, 2.75) is 18.9 Å². The molecular weight excluding hydrogens is 337 g/mol. The lowest BCUT2D eigenvalue weighted by Crippen LogP contribution is -2.36. The molecule has 8 heteroatoms. The number of sulfone groups is 1. The summed E-state index contributed by atoms with van der Waals surface area (Å²) in [5, 5.41) is 3.51. The van der Waals surface area contributed by atoms with Crippen molar-refractivity contribution < 1.29 is 17.9 Å². The average Bonchev–Trinajstić information content (AvgIpc) is 2.73. The number of nitrogens with one attached hydrogen (secondary N) is 1. The molecule has 1 saturated heterocycles. The number of amides is 1. The van der Waals surface area contributed by atoms with Gasteiger partial charge in [0.25, 0.3) is 0 Å². The van der Waals surface area contributed by atoms with Gasteiger partial charge in [0.2, 0.25) is 5.91 Å². The molecule has 1 aromatic rings. The van der Waals surface area contributed by atoms with Crippen LogP contribution in [-0.2, 0) is 14.6 Å². The summed E-state index contributed by atoms with van der Waals surface area (Å²) in [4.78, 5) is 11.7. The van der Waals surface area contributed by atoms with Gasteiger partial charge in [0, 0.05) is 12.1 Å². The van der Waals surface area contributed by atoms with Gasteiger partial charge in [-0.2, -0.15) is 0 Å². The smallest absolute Gasteiger partial charge is 0.223 e. The fraction of sp³-hybridized carbons (Fsp3) is 0.462. The summed E-state index contributed by atoms with van der Waals surface area (Å²) in [6.07, 6.45) is 0.624. The van der Waals surface area contributed by atoms with Gasteiger partial charge in [0.1, 0.15) is 5.75 Å². The number of ether oxygens (including phenoxy) is 1. The van der Waals surface area contributed by atoms with Crippen LogP contribution in [0.2, 0.25) is 10.0 Å². The molecule has 0 aromatic heterocycles. The van der Waals surface area contributed by atoms with Crippen molar-refractivity contribution in [2.75, 3.05) is 18.1 Å². The first-order chi connectivity index (χ1) is 9.85. The molecule has 1 aliphatic heterocycles. The summed E-state index contributed by atoms with van der Waals surface area (Å²) >= 11 is 11.6. The minimum absolute atomic E-state index is 0.0202. The van der Waals surface area contributed by atoms with E-state index < -0.39 is 9.84 Å². The molecule has 1 aliphatic rings. The van der Waals surface area contributed by atoms with E-state index >= 15 is 0 Å². The highest BCUT2D eigenvalue weighted by molar-refractivity contribution is 7.91. The zero-order chi connectivity index (χ0) is 15.5. The molecule has 1 aromatic carbocycles. The minimum atomic E-state index is -2.99. The summed E-state index contributed by atoms with van der Waals surface area (Å²) in [6, 6.07) is 4.57. The van der Waals surface area contributed by atoms with E-state index in [2.05, 4.69) is 5.32 Å². The highest BCUT2D eigenvalue weighted by atomic mass is 35.5. The van der Waals surface area contributed by atoms with Crippen LogP contribution < -0.4 is 10.1 Å². The Morgan fingerprint density at radius 3 is 2.71 bits per heavy atom. The van der Waals surface area contributed by atoms with Crippen molar-refractivity contribution in [3.05, 3.63) is 28.2 Å². The Hall–Kier alpha value is -0.980. The summed E-state index contributed by atoms with van der Waals surface area (Å²) in [5.41, 5.74) is 0. The summed E-state index contributed by atoms with van der Waals surface area (Å²) in [7, 11) is -2.99. The first-order valence-electron chi connectivity index (χ1n) is 6.43. The molecule has 0 saturated carbocycles. The maximum absolute atomic E-state index is 11.7. The Bertz CT molecular complexity index is 633. The van der Waals surface area contributed by atoms with Crippen molar-refractivity contribution >= 4 is 38.9 Å². The van der Waals surface area contributed by atoms with E-state index in [4.69, 9.17) is 27.9 Å². The van der Waals surface area contributed by atoms with Crippen molar-refractivity contribution in [1.29, 1.82) is 0 Å². The standard InChI is InChI=1S/C13H15Cl2NO4S/c14-11-2-1-10(7-12(11)15)20-5-3-13(17)16-9-4-6-21(18,19)8-9/h1-2,7,9H,3-6,8H2,(H,16,17). The van der Waals surface area contributed by atoms with E-state index in [1.807, 2.05) is 0 Å². The second kappa shape index (κ2) is 6.85. The number of halogens is 2. The molecular formula is C13H15Cl2NO4S. The van der Waals surface area contributed by atoms with Crippen LogP contribution in [0.15, 0.2) is 18.2 Å². The summed E-state index contributed by atoms with van der Waals surface area (Å²) in [6.45, 7) is 0.184. The number of hydrogen-bond acceptors (Lipinski definition) is 4. The predicted molar refractivity (Wildman–Crippen MR) is 81.8 cm³/mol. The topological polar surface area (TPSA) is 72.5 Å². The van der Waals surface area contributed by atoms with Gasteiger partial charge < -0.3 is 10.1 Å². The zero-order valence-corrected chi connectivity index (χ0v) is 13.5. The SMILES string of the molecule is O=C(CCOc1ccc(Cl)c(Cl)c1)NC1CCS(=O)(=O)C1. The maximum Gasteiger partial charge on any atom is 0.223 e. The van der Waals surface area contributed by atoms with Gasteiger partial charge in [-0.25, -0.2) is 8.42 Å². The number of hydrogen-bond donors (Lipinski definition) is 1. The molecule has 2 rings (SSSR count). The quantitative estimate of drug-likeness (QED) is 0.881. The highest BCUT2D eigenvalue weighted by Crippen LogP contribution is 2.26. The maximum atomic E-state index is 11.7. The Balaban J connectivity index is 1.73. The lowest BCUT2D eigenvalue weighted by molar-refractivity contribution is -0.122. The fourth-order valence-electron chi connectivity index (χ4n) is 2.04. The molecule has 116 valence electrons. The molecule has 1 atom stereocenters. The molecule has 21 heavy (non-hydrogen) atoms. The monoisotopic (exact) mass is 351 g/mol. The van der Waals surface area contributed by atoms with Crippen LogP contribution in [0.1, 0.15) is 12.8 Å². The van der Waals surface area contributed by atoms with Gasteiger partial charge in [0.15, 0.2) is 9.84 Å². The van der Waals surface area contributed by atoms with E-state index in [0.717, 1.165) is 0 Å². The predicted octanol–water partition coefficient (Wildman–Crippen LogP) is 2.07. The van der Waals surface area contributed by atoms with Gasteiger partial charge in [-0.3, -0.25) is 4.79 Å². The molecule has 1 N–H and O–H groups in total. The normalized spacial score (nSPS) is 20.2. The van der Waals surface area contributed by atoms with Crippen LogP contribution in [0.25, 0.3) is 0 Å². The minimum Gasteiger partial charge on any atom is -0.493 e. The molecule has 0 aliphatic carbocycles. The molecule has 1 unspecified atom stereocenters. The molecule has 1 fully saturated rings. The van der Waals surface area contributed by atoms with Crippen LogP contribution in [-0.4, -0.2) is 38.5 Å². The van der Waals surface area contributed by atoms with Crippen molar-refractivity contribution in [3.63, 3.8) is 0 Å². The van der Waals surface area contributed by atoms with Crippen molar-refractivity contribution in [2.24, 2.45) is 0 Å². The third-order valence-electron chi connectivity index (χ3n) is 3.09. The number of carbonyl (C=O) groups is 1. The van der Waals surface area contributed by atoms with Gasteiger partial charge >= 0.3 is 0 Å². The first-order valence-corrected chi connectivity index (χ1v) is 9.01. The Labute approximate surface area is 133 Å². The summed E-state index contributed by atoms with van der Waals surface area (Å²) in [5.74, 6) is 0.460. The highest BCUT2D eigenvalue weighted by Gasteiger charge is 2.28. The summed E-state index contributed by atoms with van der Waals surface area (Å²) < 4.78 is 28.0. The molecule has 0 radical (unpaired) electrons. The molecule has 5 nitrogen and oxygen atoms in total. The fourth-order valence-corrected chi connectivity index (χ4v) is 4.00. The van der Waals surface area contributed by atoms with Crippen molar-refractivity contribution in [1.82, 2.24) is 5.32 Å². The van der Waals surface area contributed by atoms with Crippen LogP contribution in [0.5, 0.6) is 5.75 Å². The largest absolute Gasteiger partial charge is 0.493 e. The number of rotatable bonds is 5.